The van der Waals surface area contributed by atoms with Gasteiger partial charge in [0.1, 0.15) is 11.1 Å². The van der Waals surface area contributed by atoms with E-state index in [0.29, 0.717) is 36.9 Å². The number of nitrogens with one attached hydrogen (secondary N) is 2. The van der Waals surface area contributed by atoms with Crippen molar-refractivity contribution < 1.29 is 24.2 Å². The van der Waals surface area contributed by atoms with Crippen molar-refractivity contribution in [2.24, 2.45) is 50.2 Å². The Kier molecular flexibility index (Phi) is 10.1. The number of allylic oxidation sites excluding steroid dienone is 2. The molecule has 1 aromatic carbocycles. The van der Waals surface area contributed by atoms with Crippen LogP contribution in [0.2, 0.25) is 0 Å². The topological polar surface area (TPSA) is 129 Å². The summed E-state index contributed by atoms with van der Waals surface area (Å²) >= 11 is 0. The van der Waals surface area contributed by atoms with Crippen LogP contribution in [0.4, 0.5) is 0 Å². The van der Waals surface area contributed by atoms with Gasteiger partial charge < -0.3 is 25.3 Å². The number of hydrogen-bond acceptors (Lipinski definition) is 6. The lowest BCUT2D eigenvalue weighted by Crippen LogP contribution is -2.67. The maximum atomic E-state index is 14.5. The maximum Gasteiger partial charge on any atom is 0.349 e. The smallest absolute Gasteiger partial charge is 0.349 e. The number of fused-ring (bicyclic) bond motifs is 8. The molecule has 8 heteroatoms. The number of benzene rings is 1. The molecule has 4 N–H and O–H groups in total. The number of para-hydroxylation sites is 1. The van der Waals surface area contributed by atoms with E-state index < -0.39 is 23.7 Å². The molecule has 5 aliphatic rings. The van der Waals surface area contributed by atoms with Crippen LogP contribution in [0.25, 0.3) is 11.0 Å². The van der Waals surface area contributed by atoms with Gasteiger partial charge in [-0.3, -0.25) is 9.59 Å². The standard InChI is InChI=1S/C46H66N2O6/c1-41(2)20-22-46(40(53)48-25-13-9-8-12-24-47-38(51)30-26-29-14-10-11-15-34(29)54-39(30)52)23-21-44(6)31(32(46)27-41)16-17-36-43(5)28-33(49)37(50)42(3,4)35(43)18-19-45(36,44)7/h10-11,14-16,26,32-33,35-37,49-50H,8-9,12-13,17-25,27-28H2,1-7H3,(H,47,51)(H,48,53)/t32-,33+,35-,36+,37-,43-,44+,45+,46-/m0/s1. The third kappa shape index (κ3) is 6.20. The van der Waals surface area contributed by atoms with E-state index in [-0.39, 0.29) is 49.9 Å². The molecule has 0 bridgehead atoms. The van der Waals surface area contributed by atoms with Crippen LogP contribution in [0.3, 0.4) is 0 Å². The lowest BCUT2D eigenvalue weighted by Gasteiger charge is -2.71. The molecule has 9 atom stereocenters. The highest BCUT2D eigenvalue weighted by molar-refractivity contribution is 5.96. The van der Waals surface area contributed by atoms with Gasteiger partial charge in [0.25, 0.3) is 5.91 Å². The first-order valence-electron chi connectivity index (χ1n) is 21.1. The van der Waals surface area contributed by atoms with Crippen molar-refractivity contribution >= 4 is 22.8 Å². The number of unbranched alkanes of at least 4 members (excludes halogenated alkanes) is 3. The lowest BCUT2D eigenvalue weighted by atomic mass is 9.33. The highest BCUT2D eigenvalue weighted by Crippen LogP contribution is 2.75. The van der Waals surface area contributed by atoms with Crippen LogP contribution in [-0.4, -0.2) is 47.3 Å². The molecule has 0 unspecified atom stereocenters. The summed E-state index contributed by atoms with van der Waals surface area (Å²) in [4.78, 5) is 39.5. The van der Waals surface area contributed by atoms with Gasteiger partial charge in [-0.2, -0.15) is 0 Å². The van der Waals surface area contributed by atoms with Crippen LogP contribution in [0.5, 0.6) is 0 Å². The van der Waals surface area contributed by atoms with E-state index in [2.05, 4.69) is 65.2 Å². The molecule has 0 spiro atoms. The Labute approximate surface area is 322 Å². The molecule has 1 heterocycles. The van der Waals surface area contributed by atoms with Crippen LogP contribution in [0, 0.1) is 50.2 Å². The number of carbonyl (C=O) groups excluding carboxylic acids is 2. The molecular formula is C46H66N2O6. The van der Waals surface area contributed by atoms with Crippen LogP contribution in [-0.2, 0) is 4.79 Å². The van der Waals surface area contributed by atoms with Gasteiger partial charge in [0.15, 0.2) is 0 Å². The monoisotopic (exact) mass is 742 g/mol. The zero-order chi connectivity index (χ0) is 38.9. The molecule has 296 valence electrons. The fourth-order valence-corrected chi connectivity index (χ4v) is 13.3. The van der Waals surface area contributed by atoms with Crippen molar-refractivity contribution in [3.63, 3.8) is 0 Å². The van der Waals surface area contributed by atoms with Crippen LogP contribution < -0.4 is 16.3 Å². The average molecular weight is 743 g/mol. The van der Waals surface area contributed by atoms with Crippen molar-refractivity contribution in [3.8, 4) is 0 Å². The summed E-state index contributed by atoms with van der Waals surface area (Å²) in [6, 6.07) is 8.76. The molecule has 54 heavy (non-hydrogen) atoms. The Morgan fingerprint density at radius 1 is 0.833 bits per heavy atom. The molecule has 4 saturated carbocycles. The predicted octanol–water partition coefficient (Wildman–Crippen LogP) is 8.33. The Morgan fingerprint density at radius 3 is 2.26 bits per heavy atom. The van der Waals surface area contributed by atoms with Gasteiger partial charge >= 0.3 is 5.63 Å². The molecule has 1 aromatic heterocycles. The molecule has 0 aliphatic heterocycles. The molecule has 7 rings (SSSR count). The average Bonchev–Trinajstić information content (AvgIpc) is 3.11. The third-order valence-corrected chi connectivity index (χ3v) is 16.6. The number of carbonyl (C=O) groups is 2. The van der Waals surface area contributed by atoms with Gasteiger partial charge in [0.05, 0.1) is 17.6 Å². The quantitative estimate of drug-likeness (QED) is 0.116. The van der Waals surface area contributed by atoms with E-state index in [0.717, 1.165) is 82.4 Å². The largest absolute Gasteiger partial charge is 0.422 e. The highest BCUT2D eigenvalue weighted by Gasteiger charge is 2.70. The predicted molar refractivity (Wildman–Crippen MR) is 213 cm³/mol. The van der Waals surface area contributed by atoms with E-state index >= 15 is 0 Å². The second-order valence-corrected chi connectivity index (χ2v) is 20.3. The lowest BCUT2D eigenvalue weighted by molar-refractivity contribution is -0.231. The SMILES string of the molecule is CC1(C)CC[C@]2(C(=O)NCCCCCCNC(=O)c3cc4ccccc4oc3=O)CC[C@]3(C)C(=CC[C@@H]4[C@@]5(C)C[C@@H](O)[C@H](O)C(C)(C)[C@@H]5CC[C@]43C)[C@@H]2C1. The van der Waals surface area contributed by atoms with Gasteiger partial charge in [-0.25, -0.2) is 4.79 Å². The van der Waals surface area contributed by atoms with Crippen LogP contribution in [0.1, 0.15) is 142 Å². The highest BCUT2D eigenvalue weighted by atomic mass is 16.4. The molecule has 8 nitrogen and oxygen atoms in total. The van der Waals surface area contributed by atoms with E-state index in [1.54, 1.807) is 18.2 Å². The summed E-state index contributed by atoms with van der Waals surface area (Å²) in [6.07, 6.45) is 13.5. The van der Waals surface area contributed by atoms with Gasteiger partial charge in [-0.05, 0) is 128 Å². The van der Waals surface area contributed by atoms with E-state index in [9.17, 15) is 24.6 Å². The Morgan fingerprint density at radius 2 is 1.52 bits per heavy atom. The molecule has 0 saturated heterocycles. The number of amides is 2. The normalized spacial score (nSPS) is 37.9. The van der Waals surface area contributed by atoms with E-state index in [1.165, 1.54) is 5.57 Å². The van der Waals surface area contributed by atoms with Crippen LogP contribution in [0.15, 0.2) is 51.2 Å². The van der Waals surface area contributed by atoms with Gasteiger partial charge in [0.2, 0.25) is 5.91 Å². The maximum absolute atomic E-state index is 14.5. The number of aliphatic hydroxyl groups excluding tert-OH is 2. The van der Waals surface area contributed by atoms with Gasteiger partial charge in [0, 0.05) is 18.5 Å². The van der Waals surface area contributed by atoms with Crippen molar-refractivity contribution in [1.82, 2.24) is 10.6 Å². The summed E-state index contributed by atoms with van der Waals surface area (Å²) in [6.45, 7) is 17.7. The summed E-state index contributed by atoms with van der Waals surface area (Å²) in [5.41, 5.74) is 0.865. The Bertz CT molecular complexity index is 1860. The molecule has 5 aliphatic carbocycles. The molecule has 0 radical (unpaired) electrons. The van der Waals surface area contributed by atoms with E-state index in [1.807, 2.05) is 12.1 Å². The molecule has 2 aromatic rings. The number of hydrogen-bond donors (Lipinski definition) is 4. The number of rotatable bonds is 9. The zero-order valence-corrected chi connectivity index (χ0v) is 34.0. The second kappa shape index (κ2) is 13.9. The van der Waals surface area contributed by atoms with E-state index in [4.69, 9.17) is 4.42 Å². The Hall–Kier alpha value is -2.97. The summed E-state index contributed by atoms with van der Waals surface area (Å²) in [7, 11) is 0. The summed E-state index contributed by atoms with van der Waals surface area (Å²) in [5, 5.41) is 29.3. The fourth-order valence-electron chi connectivity index (χ4n) is 13.3. The minimum atomic E-state index is -0.699. The first kappa shape index (κ1) is 39.3. The molecular weight excluding hydrogens is 677 g/mol. The summed E-state index contributed by atoms with van der Waals surface area (Å²) < 4.78 is 5.31. The fraction of sp³-hybridized carbons (Fsp3) is 0.717. The number of aliphatic hydroxyl groups is 2. The minimum absolute atomic E-state index is 0.00926. The van der Waals surface area contributed by atoms with Crippen molar-refractivity contribution in [1.29, 1.82) is 0 Å². The molecule has 4 fully saturated rings. The second-order valence-electron chi connectivity index (χ2n) is 20.3. The van der Waals surface area contributed by atoms with Crippen LogP contribution >= 0.6 is 0 Å². The van der Waals surface area contributed by atoms with Crippen molar-refractivity contribution in [2.45, 2.75) is 144 Å². The zero-order valence-electron chi connectivity index (χ0n) is 34.0. The Balaban J connectivity index is 0.978. The first-order chi connectivity index (χ1) is 25.4. The van der Waals surface area contributed by atoms with Crippen molar-refractivity contribution in [2.75, 3.05) is 13.1 Å². The van der Waals surface area contributed by atoms with Crippen molar-refractivity contribution in [3.05, 3.63) is 58.0 Å². The minimum Gasteiger partial charge on any atom is -0.422 e. The third-order valence-electron chi connectivity index (χ3n) is 16.6. The van der Waals surface area contributed by atoms with Gasteiger partial charge in [-0.15, -0.1) is 0 Å². The molecule has 2 amide bonds. The summed E-state index contributed by atoms with van der Waals surface area (Å²) in [5.74, 6) is 0.836. The van der Waals surface area contributed by atoms with Gasteiger partial charge in [-0.1, -0.05) is 91.2 Å². The first-order valence-corrected chi connectivity index (χ1v) is 21.1.